The molecule has 2 aromatic rings. The average Bonchev–Trinajstić information content (AvgIpc) is 4.18. The molecule has 2 spiro atoms. The molecular formula is C65H83NO8. The van der Waals surface area contributed by atoms with Gasteiger partial charge < -0.3 is 40.0 Å². The second-order valence-corrected chi connectivity index (χ2v) is 27.5. The molecule has 21 atom stereocenters. The van der Waals surface area contributed by atoms with Crippen molar-refractivity contribution in [3.8, 4) is 11.8 Å². The van der Waals surface area contributed by atoms with Gasteiger partial charge in [-0.2, -0.15) is 0 Å². The van der Waals surface area contributed by atoms with Crippen LogP contribution in [-0.4, -0.2) is 81.4 Å². The van der Waals surface area contributed by atoms with Gasteiger partial charge in [0.1, 0.15) is 18.0 Å². The Morgan fingerprint density at radius 2 is 1.70 bits per heavy atom. The predicted octanol–water partition coefficient (Wildman–Crippen LogP) is 9.08. The van der Waals surface area contributed by atoms with Gasteiger partial charge in [-0.3, -0.25) is 0 Å². The number of carbonyl (C=O) groups excluding carboxylic acids is 2. The van der Waals surface area contributed by atoms with Gasteiger partial charge in [-0.05, 0) is 197 Å². The summed E-state index contributed by atoms with van der Waals surface area (Å²) < 4.78 is 13.8. The van der Waals surface area contributed by atoms with E-state index in [1.165, 1.54) is 37.5 Å². The van der Waals surface area contributed by atoms with Gasteiger partial charge in [-0.25, -0.2) is 4.79 Å². The largest absolute Gasteiger partial charge is 0.454 e. The standard InChI is InChI=1S/C65H83NO8/c1-38(40-13-6-7-14-40)42-20-23-52-59-62(51-22-21-45(35-73-59)53(62)29-43(51)19-18-39-11-4-3-5-12-39)36-61(37-68)55-24-26-60-25-9-8-15-41-16-10-17-44(34-67)48(41)30-54(66-2)49-28-46(57(60)50-31-56(69)74-58(49)50)32-64(60,71)63(55,70)33-47(27-42)65(52,61)72/h3-5,10-12,16-17,31,37-38,40,42-43,45-47,49,51-55,57-59,66-67,70-72H,6-7,9,13-14,18-30,32-36H2,1-2H3. The van der Waals surface area contributed by atoms with Gasteiger partial charge >= 0.3 is 5.97 Å². The number of fused-ring (bicyclic) bond motifs is 7. The van der Waals surface area contributed by atoms with Crippen LogP contribution in [0.3, 0.4) is 0 Å². The molecule has 9 saturated carbocycles. The lowest BCUT2D eigenvalue weighted by Crippen LogP contribution is -2.83. The Morgan fingerprint density at radius 3 is 2.50 bits per heavy atom. The third kappa shape index (κ3) is 6.39. The molecule has 1 saturated heterocycles. The Kier molecular flexibility index (Phi) is 11.6. The normalized spacial score (nSPS) is 48.8. The minimum atomic E-state index is -1.69. The topological polar surface area (TPSA) is 146 Å². The van der Waals surface area contributed by atoms with Crippen LogP contribution in [0.1, 0.15) is 151 Å². The van der Waals surface area contributed by atoms with Crippen molar-refractivity contribution >= 4 is 12.3 Å². The van der Waals surface area contributed by atoms with Gasteiger partial charge in [-0.1, -0.05) is 86.9 Å². The number of hydrogen-bond donors (Lipinski definition) is 5. The first-order chi connectivity index (χ1) is 35.9. The van der Waals surface area contributed by atoms with Gasteiger partial charge in [0.25, 0.3) is 0 Å². The number of ether oxygens (including phenoxy) is 2. The predicted molar refractivity (Wildman–Crippen MR) is 281 cm³/mol. The van der Waals surface area contributed by atoms with Crippen LogP contribution in [0, 0.1) is 105 Å². The average molecular weight is 1010 g/mol. The number of carbonyl (C=O) groups is 2. The van der Waals surface area contributed by atoms with Gasteiger partial charge in [-0.15, -0.1) is 0 Å². The Hall–Kier alpha value is -3.36. The van der Waals surface area contributed by atoms with E-state index in [0.717, 1.165) is 80.2 Å². The molecule has 2 aromatic carbocycles. The van der Waals surface area contributed by atoms with Crippen LogP contribution >= 0.6 is 0 Å². The van der Waals surface area contributed by atoms with E-state index >= 15 is 4.79 Å². The maximum atomic E-state index is 15.5. The zero-order valence-electron chi connectivity index (χ0n) is 44.2. The molecule has 5 N–H and O–H groups in total. The van der Waals surface area contributed by atoms with Crippen LogP contribution in [0.15, 0.2) is 60.2 Å². The van der Waals surface area contributed by atoms with E-state index in [-0.39, 0.29) is 60.2 Å². The number of aryl methyl sites for hydroxylation is 1. The zero-order chi connectivity index (χ0) is 50.6. The van der Waals surface area contributed by atoms with Crippen LogP contribution < -0.4 is 5.32 Å². The second kappa shape index (κ2) is 17.6. The van der Waals surface area contributed by atoms with Gasteiger partial charge in [0, 0.05) is 52.7 Å². The summed E-state index contributed by atoms with van der Waals surface area (Å²) in [5, 5.41) is 58.8. The second-order valence-electron chi connectivity index (χ2n) is 27.5. The highest BCUT2D eigenvalue weighted by Crippen LogP contribution is 2.82. The number of esters is 1. The molecule has 0 amide bonds. The maximum absolute atomic E-state index is 15.5. The van der Waals surface area contributed by atoms with E-state index < -0.39 is 45.6 Å². The van der Waals surface area contributed by atoms with Crippen molar-refractivity contribution in [1.29, 1.82) is 0 Å². The number of nitrogens with one attached hydrogen (secondary N) is 1. The maximum Gasteiger partial charge on any atom is 0.331 e. The van der Waals surface area contributed by atoms with Crippen molar-refractivity contribution < 1.29 is 39.5 Å². The third-order valence-electron chi connectivity index (χ3n) is 25.7. The van der Waals surface area contributed by atoms with E-state index in [9.17, 15) is 25.2 Å². The van der Waals surface area contributed by atoms with E-state index in [4.69, 9.17) is 9.47 Å². The van der Waals surface area contributed by atoms with Gasteiger partial charge in [0.2, 0.25) is 0 Å². The molecule has 9 nitrogen and oxygen atoms in total. The number of aliphatic hydroxyl groups is 4. The molecule has 11 aliphatic carbocycles. The summed E-state index contributed by atoms with van der Waals surface area (Å²) in [6, 6.07) is 16.8. The van der Waals surface area contributed by atoms with E-state index in [1.54, 1.807) is 6.08 Å². The number of benzene rings is 2. The van der Waals surface area contributed by atoms with Crippen molar-refractivity contribution in [2.24, 2.45) is 93.2 Å². The number of likely N-dealkylation sites (N-methyl/N-ethyl adjacent to an activating group) is 1. The highest BCUT2D eigenvalue weighted by atomic mass is 16.5. The van der Waals surface area contributed by atoms with E-state index in [1.807, 2.05) is 25.2 Å². The van der Waals surface area contributed by atoms with Crippen LogP contribution in [0.25, 0.3) is 0 Å². The molecule has 0 radical (unpaired) electrons. The SMILES string of the molecule is CNC1Cc2c(cccc2CO)C#CCCC23CCC4C(O)(CC5CC(C(C)C6CCCC6)CCC6C7OCC8CCC9C(CCc%10ccccc%10)CC8C97CC4(C=O)C56O)C2(O)CC2CC1C1OC(=O)C=C1C23. The minimum Gasteiger partial charge on any atom is -0.454 e. The molecule has 21 unspecified atom stereocenters. The molecule has 10 fully saturated rings. The molecular weight excluding hydrogens is 923 g/mol. The molecule has 15 rings (SSSR count). The summed E-state index contributed by atoms with van der Waals surface area (Å²) in [4.78, 5) is 29.3. The minimum absolute atomic E-state index is 0.0618. The molecule has 13 aliphatic rings. The third-order valence-corrected chi connectivity index (χ3v) is 25.7. The molecule has 396 valence electrons. The Balaban J connectivity index is 0.928. The Bertz CT molecular complexity index is 2650. The van der Waals surface area contributed by atoms with Gasteiger partial charge in [0.05, 0.1) is 35.9 Å². The molecule has 2 aliphatic heterocycles. The quantitative estimate of drug-likeness (QED) is 0.0994. The first-order valence-electron chi connectivity index (χ1n) is 30.0. The Morgan fingerprint density at radius 1 is 0.878 bits per heavy atom. The zero-order valence-corrected chi connectivity index (χ0v) is 44.2. The number of aldehydes is 1. The number of rotatable bonds is 8. The Labute approximate surface area is 439 Å². The number of hydrogen-bond acceptors (Lipinski definition) is 9. The number of aliphatic hydroxyl groups excluding tert-OH is 1. The highest BCUT2D eigenvalue weighted by molar-refractivity contribution is 5.86. The van der Waals surface area contributed by atoms with Crippen LogP contribution in [0.5, 0.6) is 0 Å². The molecule has 0 aromatic heterocycles. The van der Waals surface area contributed by atoms with Crippen LogP contribution in [-0.2, 0) is 38.5 Å². The van der Waals surface area contributed by atoms with Gasteiger partial charge in [0.15, 0.2) is 0 Å². The fraction of sp³-hybridized carbons (Fsp3) is 0.723. The highest BCUT2D eigenvalue weighted by Gasteiger charge is 2.86. The van der Waals surface area contributed by atoms with E-state index in [0.29, 0.717) is 92.8 Å². The lowest BCUT2D eigenvalue weighted by molar-refractivity contribution is -0.371. The summed E-state index contributed by atoms with van der Waals surface area (Å²) >= 11 is 0. The lowest BCUT2D eigenvalue weighted by Gasteiger charge is -2.76. The first-order valence-corrected chi connectivity index (χ1v) is 30.0. The van der Waals surface area contributed by atoms with Crippen LogP contribution in [0.4, 0.5) is 0 Å². The van der Waals surface area contributed by atoms with Crippen molar-refractivity contribution in [3.63, 3.8) is 0 Å². The van der Waals surface area contributed by atoms with E-state index in [2.05, 4.69) is 54.4 Å². The fourth-order valence-corrected chi connectivity index (χ4v) is 23.0. The molecule has 74 heavy (non-hydrogen) atoms. The smallest absolute Gasteiger partial charge is 0.331 e. The molecule has 9 heteroatoms. The summed E-state index contributed by atoms with van der Waals surface area (Å²) in [6.45, 7) is 3.11. The fourth-order valence-electron chi connectivity index (χ4n) is 23.0. The van der Waals surface area contributed by atoms with Crippen molar-refractivity contribution in [1.82, 2.24) is 5.32 Å². The monoisotopic (exact) mass is 1010 g/mol. The summed E-state index contributed by atoms with van der Waals surface area (Å²) in [5.74, 6) is 8.18. The summed E-state index contributed by atoms with van der Waals surface area (Å²) in [7, 11) is 1.97. The molecule has 8 bridgehead atoms. The summed E-state index contributed by atoms with van der Waals surface area (Å²) in [5.41, 5.74) is -2.09. The van der Waals surface area contributed by atoms with Crippen molar-refractivity contribution in [2.45, 2.75) is 183 Å². The summed E-state index contributed by atoms with van der Waals surface area (Å²) in [6.07, 6.45) is 20.0. The lowest BCUT2D eigenvalue weighted by atomic mass is 9.31. The first kappa shape index (κ1) is 49.0. The molecule has 2 heterocycles. The van der Waals surface area contributed by atoms with Crippen molar-refractivity contribution in [3.05, 3.63) is 82.4 Å². The van der Waals surface area contributed by atoms with Crippen molar-refractivity contribution in [2.75, 3.05) is 13.7 Å². The van der Waals surface area contributed by atoms with Crippen LogP contribution in [0.2, 0.25) is 0 Å².